The van der Waals surface area contributed by atoms with E-state index >= 15 is 0 Å². The number of hydrogen-bond acceptors (Lipinski definition) is 3. The number of anilines is 1. The first-order chi connectivity index (χ1) is 10.5. The molecule has 2 rings (SSSR count). The van der Waals surface area contributed by atoms with E-state index in [0.717, 1.165) is 5.75 Å². The molecule has 0 fully saturated rings. The molecule has 5 heteroatoms. The van der Waals surface area contributed by atoms with Gasteiger partial charge in [0.05, 0.1) is 18.2 Å². The summed E-state index contributed by atoms with van der Waals surface area (Å²) >= 11 is 6.04. The molecule has 0 aromatic heterocycles. The maximum atomic E-state index is 12.2. The smallest absolute Gasteiger partial charge is 0.255 e. The van der Waals surface area contributed by atoms with Gasteiger partial charge in [0.25, 0.3) is 5.91 Å². The van der Waals surface area contributed by atoms with Crippen molar-refractivity contribution in [3.63, 3.8) is 0 Å². The highest BCUT2D eigenvalue weighted by Crippen LogP contribution is 2.27. The average Bonchev–Trinajstić information content (AvgIpc) is 2.47. The van der Waals surface area contributed by atoms with Crippen molar-refractivity contribution in [1.82, 2.24) is 0 Å². The first-order valence-corrected chi connectivity index (χ1v) is 7.29. The normalized spacial score (nSPS) is 10.4. The molecule has 0 unspecified atom stereocenters. The molecule has 2 aromatic rings. The van der Waals surface area contributed by atoms with Crippen LogP contribution in [0.5, 0.6) is 11.5 Å². The lowest BCUT2D eigenvalue weighted by Gasteiger charge is -2.11. The summed E-state index contributed by atoms with van der Waals surface area (Å²) in [5, 5.41) is 3.24. The van der Waals surface area contributed by atoms with E-state index in [1.165, 1.54) is 0 Å². The van der Waals surface area contributed by atoms with E-state index in [1.54, 1.807) is 49.6 Å². The van der Waals surface area contributed by atoms with Crippen molar-refractivity contribution < 1.29 is 14.3 Å². The summed E-state index contributed by atoms with van der Waals surface area (Å²) in [6.07, 6.45) is 0.0983. The minimum absolute atomic E-state index is 0.0983. The Labute approximate surface area is 135 Å². The lowest BCUT2D eigenvalue weighted by atomic mass is 10.2. The van der Waals surface area contributed by atoms with Crippen LogP contribution in [-0.2, 0) is 0 Å². The molecule has 2 aromatic carbocycles. The van der Waals surface area contributed by atoms with Crippen molar-refractivity contribution in [3.8, 4) is 11.5 Å². The van der Waals surface area contributed by atoms with Crippen molar-refractivity contribution in [2.75, 3.05) is 12.4 Å². The fourth-order valence-corrected chi connectivity index (χ4v) is 2.16. The number of methoxy groups -OCH3 is 1. The van der Waals surface area contributed by atoms with Crippen LogP contribution in [0, 0.1) is 0 Å². The van der Waals surface area contributed by atoms with Gasteiger partial charge in [-0.2, -0.15) is 0 Å². The number of benzene rings is 2. The largest absolute Gasteiger partial charge is 0.495 e. The van der Waals surface area contributed by atoms with Gasteiger partial charge in [0.1, 0.15) is 11.5 Å². The van der Waals surface area contributed by atoms with Crippen LogP contribution in [0.3, 0.4) is 0 Å². The Hall–Kier alpha value is -2.20. The Morgan fingerprint density at radius 1 is 1.14 bits per heavy atom. The Balaban J connectivity index is 2.07. The molecule has 0 aliphatic carbocycles. The Bertz CT molecular complexity index is 653. The molecule has 0 bridgehead atoms. The molecular formula is C17H18ClNO3. The molecule has 0 saturated heterocycles. The third-order valence-corrected chi connectivity index (χ3v) is 3.19. The SMILES string of the molecule is COc1ccc(NC(=O)c2ccc(OC(C)C)cc2)cc1Cl. The van der Waals surface area contributed by atoms with Crippen molar-refractivity contribution in [1.29, 1.82) is 0 Å². The fraction of sp³-hybridized carbons (Fsp3) is 0.235. The van der Waals surface area contributed by atoms with E-state index in [4.69, 9.17) is 21.1 Å². The highest BCUT2D eigenvalue weighted by Gasteiger charge is 2.08. The van der Waals surface area contributed by atoms with E-state index in [9.17, 15) is 4.79 Å². The molecule has 0 saturated carbocycles. The summed E-state index contributed by atoms with van der Waals surface area (Å²) in [5.74, 6) is 1.09. The van der Waals surface area contributed by atoms with Crippen LogP contribution < -0.4 is 14.8 Å². The topological polar surface area (TPSA) is 47.6 Å². The van der Waals surface area contributed by atoms with E-state index in [-0.39, 0.29) is 12.0 Å². The second-order valence-electron chi connectivity index (χ2n) is 4.99. The van der Waals surface area contributed by atoms with E-state index in [2.05, 4.69) is 5.32 Å². The summed E-state index contributed by atoms with van der Waals surface area (Å²) in [4.78, 5) is 12.2. The highest BCUT2D eigenvalue weighted by atomic mass is 35.5. The maximum Gasteiger partial charge on any atom is 0.255 e. The molecule has 4 nitrogen and oxygen atoms in total. The molecule has 0 atom stereocenters. The summed E-state index contributed by atoms with van der Waals surface area (Å²) < 4.78 is 10.6. The molecule has 1 amide bonds. The molecule has 0 aliphatic rings. The van der Waals surface area contributed by atoms with Crippen molar-refractivity contribution >= 4 is 23.2 Å². The Morgan fingerprint density at radius 2 is 1.82 bits per heavy atom. The summed E-state index contributed by atoms with van der Waals surface area (Å²) in [5.41, 5.74) is 1.15. The number of amides is 1. The van der Waals surface area contributed by atoms with Gasteiger partial charge in [0.15, 0.2) is 0 Å². The molecule has 22 heavy (non-hydrogen) atoms. The van der Waals surface area contributed by atoms with Gasteiger partial charge in [-0.05, 0) is 56.3 Å². The monoisotopic (exact) mass is 319 g/mol. The predicted octanol–water partition coefficient (Wildman–Crippen LogP) is 4.39. The third kappa shape index (κ3) is 4.15. The van der Waals surface area contributed by atoms with Gasteiger partial charge in [-0.15, -0.1) is 0 Å². The van der Waals surface area contributed by atoms with Crippen LogP contribution in [0.2, 0.25) is 5.02 Å². The molecule has 0 aliphatic heterocycles. The number of carbonyl (C=O) groups is 1. The second kappa shape index (κ2) is 7.18. The Kier molecular flexibility index (Phi) is 5.28. The van der Waals surface area contributed by atoms with Gasteiger partial charge in [-0.1, -0.05) is 11.6 Å². The number of rotatable bonds is 5. The van der Waals surface area contributed by atoms with E-state index in [1.807, 2.05) is 13.8 Å². The zero-order valence-corrected chi connectivity index (χ0v) is 13.5. The molecule has 1 N–H and O–H groups in total. The van der Waals surface area contributed by atoms with Gasteiger partial charge in [0, 0.05) is 11.3 Å². The minimum Gasteiger partial charge on any atom is -0.495 e. The first-order valence-electron chi connectivity index (χ1n) is 6.91. The quantitative estimate of drug-likeness (QED) is 0.889. The van der Waals surface area contributed by atoms with Crippen LogP contribution in [0.15, 0.2) is 42.5 Å². The third-order valence-electron chi connectivity index (χ3n) is 2.90. The van der Waals surface area contributed by atoms with Gasteiger partial charge in [-0.3, -0.25) is 4.79 Å². The standard InChI is InChI=1S/C17H18ClNO3/c1-11(2)22-14-7-4-12(5-8-14)17(20)19-13-6-9-16(21-3)15(18)10-13/h4-11H,1-3H3,(H,19,20). The molecular weight excluding hydrogens is 302 g/mol. The summed E-state index contributed by atoms with van der Waals surface area (Å²) in [7, 11) is 1.54. The number of ether oxygens (including phenoxy) is 2. The molecule has 0 spiro atoms. The molecule has 0 radical (unpaired) electrons. The number of halogens is 1. The maximum absolute atomic E-state index is 12.2. The van der Waals surface area contributed by atoms with Crippen LogP contribution in [-0.4, -0.2) is 19.1 Å². The van der Waals surface area contributed by atoms with Crippen LogP contribution in [0.4, 0.5) is 5.69 Å². The van der Waals surface area contributed by atoms with Gasteiger partial charge in [-0.25, -0.2) is 0 Å². The zero-order chi connectivity index (χ0) is 16.1. The van der Waals surface area contributed by atoms with Gasteiger partial charge < -0.3 is 14.8 Å². The minimum atomic E-state index is -0.211. The van der Waals surface area contributed by atoms with Crippen LogP contribution in [0.1, 0.15) is 24.2 Å². The second-order valence-corrected chi connectivity index (χ2v) is 5.40. The highest BCUT2D eigenvalue weighted by molar-refractivity contribution is 6.32. The summed E-state index contributed by atoms with van der Waals surface area (Å²) in [6.45, 7) is 3.90. The fourth-order valence-electron chi connectivity index (χ4n) is 1.90. The molecule has 0 heterocycles. The Morgan fingerprint density at radius 3 is 2.36 bits per heavy atom. The van der Waals surface area contributed by atoms with Crippen LogP contribution >= 0.6 is 11.6 Å². The predicted molar refractivity (Wildman–Crippen MR) is 88.2 cm³/mol. The van der Waals surface area contributed by atoms with Crippen molar-refractivity contribution in [2.24, 2.45) is 0 Å². The molecule has 116 valence electrons. The van der Waals surface area contributed by atoms with E-state index < -0.39 is 0 Å². The van der Waals surface area contributed by atoms with E-state index in [0.29, 0.717) is 22.0 Å². The lowest BCUT2D eigenvalue weighted by Crippen LogP contribution is -2.12. The number of carbonyl (C=O) groups excluding carboxylic acids is 1. The lowest BCUT2D eigenvalue weighted by molar-refractivity contribution is 0.102. The zero-order valence-electron chi connectivity index (χ0n) is 12.7. The van der Waals surface area contributed by atoms with Gasteiger partial charge >= 0.3 is 0 Å². The summed E-state index contributed by atoms with van der Waals surface area (Å²) in [6, 6.07) is 12.1. The van der Waals surface area contributed by atoms with Crippen LogP contribution in [0.25, 0.3) is 0 Å². The number of hydrogen-bond donors (Lipinski definition) is 1. The van der Waals surface area contributed by atoms with Gasteiger partial charge in [0.2, 0.25) is 0 Å². The number of nitrogens with one attached hydrogen (secondary N) is 1. The van der Waals surface area contributed by atoms with Crippen molar-refractivity contribution in [3.05, 3.63) is 53.1 Å². The first kappa shape index (κ1) is 16.2. The average molecular weight is 320 g/mol. The van der Waals surface area contributed by atoms with Crippen molar-refractivity contribution in [2.45, 2.75) is 20.0 Å².